The lowest BCUT2D eigenvalue weighted by atomic mass is 9.98. The molecular weight excluding hydrogens is 342 g/mol. The first kappa shape index (κ1) is 17.7. The van der Waals surface area contributed by atoms with E-state index in [0.29, 0.717) is 13.1 Å². The van der Waals surface area contributed by atoms with Crippen molar-refractivity contribution in [2.24, 2.45) is 0 Å². The van der Waals surface area contributed by atoms with Crippen LogP contribution >= 0.6 is 0 Å². The first-order valence-electron chi connectivity index (χ1n) is 9.39. The van der Waals surface area contributed by atoms with E-state index in [1.54, 1.807) is 4.90 Å². The number of amides is 1. The number of nitrogens with two attached hydrogens (primary N) is 1. The minimum atomic E-state index is -0.480. The number of benzene rings is 1. The second-order valence-electron chi connectivity index (χ2n) is 8.42. The molecule has 0 radical (unpaired) electrons. The predicted molar refractivity (Wildman–Crippen MR) is 106 cm³/mol. The monoisotopic (exact) mass is 369 g/mol. The third kappa shape index (κ3) is 3.11. The molecule has 1 aromatic heterocycles. The van der Waals surface area contributed by atoms with E-state index in [2.05, 4.69) is 27.8 Å². The van der Waals surface area contributed by atoms with Gasteiger partial charge in [0.15, 0.2) is 0 Å². The van der Waals surface area contributed by atoms with Gasteiger partial charge in [-0.3, -0.25) is 4.68 Å². The van der Waals surface area contributed by atoms with Crippen LogP contribution in [0, 0.1) is 0 Å². The molecule has 1 saturated heterocycles. The highest BCUT2D eigenvalue weighted by molar-refractivity contribution is 5.89. The van der Waals surface area contributed by atoms with Crippen molar-refractivity contribution in [2.45, 2.75) is 45.4 Å². The van der Waals surface area contributed by atoms with E-state index in [1.807, 2.05) is 39.1 Å². The van der Waals surface area contributed by atoms with E-state index in [9.17, 15) is 4.79 Å². The summed E-state index contributed by atoms with van der Waals surface area (Å²) < 4.78 is 7.60. The van der Waals surface area contributed by atoms with E-state index in [0.717, 1.165) is 35.5 Å². The van der Waals surface area contributed by atoms with Crippen LogP contribution in [0.5, 0.6) is 0 Å². The quantitative estimate of drug-likeness (QED) is 0.781. The maximum Gasteiger partial charge on any atom is 0.410 e. The van der Waals surface area contributed by atoms with Gasteiger partial charge < -0.3 is 20.3 Å². The number of rotatable bonds is 1. The Kier molecular flexibility index (Phi) is 4.05. The molecule has 1 aromatic carbocycles. The lowest BCUT2D eigenvalue weighted by Crippen LogP contribution is -2.35. The lowest BCUT2D eigenvalue weighted by Gasteiger charge is -2.30. The fraction of sp³-hybridized carbons (Fsp3) is 0.500. The van der Waals surface area contributed by atoms with Gasteiger partial charge in [-0.05, 0) is 33.3 Å². The van der Waals surface area contributed by atoms with Crippen LogP contribution in [0.2, 0.25) is 0 Å². The molecule has 144 valence electrons. The molecule has 27 heavy (non-hydrogen) atoms. The highest BCUT2D eigenvalue weighted by atomic mass is 16.6. The number of ether oxygens (including phenoxy) is 1. The molecule has 0 bridgehead atoms. The standard InChI is InChI=1S/C20H27N5O2/c1-20(2,3)27-19(26)24-9-8-13(11-24)25-17-12-23(4)18-14(15(17)10-22-25)6-5-7-16(18)21/h5-7,10,13H,8-9,11-12,21H2,1-4H3. The Labute approximate surface area is 159 Å². The molecule has 2 aliphatic heterocycles. The van der Waals surface area contributed by atoms with E-state index in [1.165, 1.54) is 5.69 Å². The first-order valence-corrected chi connectivity index (χ1v) is 9.39. The van der Waals surface area contributed by atoms with Crippen molar-refractivity contribution in [1.29, 1.82) is 0 Å². The number of nitrogens with zero attached hydrogens (tertiary/aromatic N) is 4. The van der Waals surface area contributed by atoms with Gasteiger partial charge in [0, 0.05) is 31.3 Å². The molecule has 0 aliphatic carbocycles. The molecule has 1 fully saturated rings. The molecule has 1 atom stereocenters. The molecule has 7 nitrogen and oxygen atoms in total. The van der Waals surface area contributed by atoms with Gasteiger partial charge in [-0.1, -0.05) is 12.1 Å². The first-order chi connectivity index (χ1) is 12.7. The second-order valence-corrected chi connectivity index (χ2v) is 8.42. The van der Waals surface area contributed by atoms with Crippen molar-refractivity contribution < 1.29 is 9.53 Å². The Morgan fingerprint density at radius 3 is 2.81 bits per heavy atom. The molecule has 3 heterocycles. The molecule has 2 aliphatic rings. The van der Waals surface area contributed by atoms with Gasteiger partial charge >= 0.3 is 6.09 Å². The van der Waals surface area contributed by atoms with E-state index in [-0.39, 0.29) is 12.1 Å². The zero-order chi connectivity index (χ0) is 19.3. The zero-order valence-corrected chi connectivity index (χ0v) is 16.4. The van der Waals surface area contributed by atoms with Gasteiger partial charge in [-0.2, -0.15) is 5.10 Å². The minimum absolute atomic E-state index is 0.164. The largest absolute Gasteiger partial charge is 0.444 e. The molecule has 4 rings (SSSR count). The average Bonchev–Trinajstić information content (AvgIpc) is 3.19. The normalized spacial score (nSPS) is 19.0. The molecule has 0 saturated carbocycles. The number of carbonyl (C=O) groups excluding carboxylic acids is 1. The minimum Gasteiger partial charge on any atom is -0.444 e. The highest BCUT2D eigenvalue weighted by Gasteiger charge is 2.34. The Morgan fingerprint density at radius 1 is 1.30 bits per heavy atom. The second kappa shape index (κ2) is 6.18. The predicted octanol–water partition coefficient (Wildman–Crippen LogP) is 3.26. The van der Waals surface area contributed by atoms with Crippen molar-refractivity contribution >= 4 is 17.5 Å². The van der Waals surface area contributed by atoms with Crippen LogP contribution in [-0.4, -0.2) is 46.5 Å². The lowest BCUT2D eigenvalue weighted by molar-refractivity contribution is 0.0288. The van der Waals surface area contributed by atoms with E-state index >= 15 is 0 Å². The van der Waals surface area contributed by atoms with Gasteiger partial charge in [-0.25, -0.2) is 4.79 Å². The highest BCUT2D eigenvalue weighted by Crippen LogP contribution is 2.42. The van der Waals surface area contributed by atoms with Crippen molar-refractivity contribution in [3.63, 3.8) is 0 Å². The molecule has 0 spiro atoms. The third-order valence-electron chi connectivity index (χ3n) is 5.19. The number of nitrogen functional groups attached to an aromatic ring is 1. The fourth-order valence-electron chi connectivity index (χ4n) is 4.03. The zero-order valence-electron chi connectivity index (χ0n) is 16.4. The molecular formula is C20H27N5O2. The summed E-state index contributed by atoms with van der Waals surface area (Å²) in [7, 11) is 2.05. The number of fused-ring (bicyclic) bond motifs is 3. The summed E-state index contributed by atoms with van der Waals surface area (Å²) in [6, 6.07) is 6.17. The van der Waals surface area contributed by atoms with Crippen molar-refractivity contribution in [1.82, 2.24) is 14.7 Å². The number of hydrogen-bond donors (Lipinski definition) is 1. The van der Waals surface area contributed by atoms with Gasteiger partial charge in [0.05, 0.1) is 35.9 Å². The molecule has 7 heteroatoms. The van der Waals surface area contributed by atoms with Gasteiger partial charge in [-0.15, -0.1) is 0 Å². The van der Waals surface area contributed by atoms with Crippen LogP contribution < -0.4 is 10.6 Å². The van der Waals surface area contributed by atoms with Crippen molar-refractivity contribution in [3.05, 3.63) is 30.1 Å². The average molecular weight is 369 g/mol. The Balaban J connectivity index is 1.59. The molecule has 1 unspecified atom stereocenters. The summed E-state index contributed by atoms with van der Waals surface area (Å²) in [4.78, 5) is 16.3. The summed E-state index contributed by atoms with van der Waals surface area (Å²) in [5.41, 5.74) is 11.0. The van der Waals surface area contributed by atoms with Gasteiger partial charge in [0.1, 0.15) is 5.60 Å². The van der Waals surface area contributed by atoms with Crippen LogP contribution in [0.1, 0.15) is 38.9 Å². The summed E-state index contributed by atoms with van der Waals surface area (Å²) >= 11 is 0. The van der Waals surface area contributed by atoms with Crippen molar-refractivity contribution in [3.8, 4) is 11.1 Å². The number of aromatic nitrogens is 2. The summed E-state index contributed by atoms with van der Waals surface area (Å²) in [6.07, 6.45) is 2.55. The van der Waals surface area contributed by atoms with E-state index < -0.39 is 5.60 Å². The smallest absolute Gasteiger partial charge is 0.410 e. The molecule has 1 amide bonds. The fourth-order valence-corrected chi connectivity index (χ4v) is 4.03. The van der Waals surface area contributed by atoms with Crippen LogP contribution in [-0.2, 0) is 11.3 Å². The Bertz CT molecular complexity index is 883. The summed E-state index contributed by atoms with van der Waals surface area (Å²) in [5.74, 6) is 0. The maximum absolute atomic E-state index is 12.4. The Hall–Kier alpha value is -2.70. The summed E-state index contributed by atoms with van der Waals surface area (Å²) in [5, 5.41) is 4.68. The molecule has 2 aromatic rings. The van der Waals surface area contributed by atoms with Crippen LogP contribution in [0.4, 0.5) is 16.2 Å². The number of carbonyl (C=O) groups is 1. The topological polar surface area (TPSA) is 76.6 Å². The maximum atomic E-state index is 12.4. The van der Waals surface area contributed by atoms with Crippen LogP contribution in [0.15, 0.2) is 24.4 Å². The SMILES string of the molecule is CN1Cc2c(cnn2C2CCN(C(=O)OC(C)(C)C)C2)-c2cccc(N)c21. The summed E-state index contributed by atoms with van der Waals surface area (Å²) in [6.45, 7) is 7.73. The van der Waals surface area contributed by atoms with Crippen molar-refractivity contribution in [2.75, 3.05) is 30.8 Å². The Morgan fingerprint density at radius 2 is 2.07 bits per heavy atom. The van der Waals surface area contributed by atoms with Gasteiger partial charge in [0.2, 0.25) is 0 Å². The number of likely N-dealkylation sites (tertiary alicyclic amines) is 1. The number of hydrogen-bond acceptors (Lipinski definition) is 5. The van der Waals surface area contributed by atoms with Crippen LogP contribution in [0.3, 0.4) is 0 Å². The number of para-hydroxylation sites is 1. The number of anilines is 2. The van der Waals surface area contributed by atoms with Crippen LogP contribution in [0.25, 0.3) is 11.1 Å². The van der Waals surface area contributed by atoms with E-state index in [4.69, 9.17) is 10.5 Å². The van der Waals surface area contributed by atoms with Gasteiger partial charge in [0.25, 0.3) is 0 Å². The molecule has 2 N–H and O–H groups in total. The third-order valence-corrected chi connectivity index (χ3v) is 5.19.